The number of ether oxygens (including phenoxy) is 2. The Morgan fingerprint density at radius 1 is 0.862 bits per heavy atom. The molecule has 8 heteroatoms. The maximum absolute atomic E-state index is 13.5. The molecule has 29 heavy (non-hydrogen) atoms. The Balaban J connectivity index is 2.20. The molecular weight excluding hydrogens is 433 g/mol. The van der Waals surface area contributed by atoms with Crippen molar-refractivity contribution in [2.45, 2.75) is 11.4 Å². The molecule has 0 aliphatic carbocycles. The molecular formula is C21H19Cl2NO4S. The number of halogens is 2. The van der Waals surface area contributed by atoms with Crippen molar-refractivity contribution in [2.75, 3.05) is 18.5 Å². The summed E-state index contributed by atoms with van der Waals surface area (Å²) in [6, 6.07) is 18.1. The SMILES string of the molecule is COc1ccc(N(Cc2c(Cl)cccc2Cl)S(=O)(=O)c2ccccc2)c(OC)c1. The Morgan fingerprint density at radius 3 is 2.10 bits per heavy atom. The number of anilines is 1. The van der Waals surface area contributed by atoms with E-state index in [4.69, 9.17) is 32.7 Å². The van der Waals surface area contributed by atoms with Gasteiger partial charge in [-0.15, -0.1) is 0 Å². The molecule has 0 radical (unpaired) electrons. The number of hydrogen-bond donors (Lipinski definition) is 0. The van der Waals surface area contributed by atoms with Gasteiger partial charge < -0.3 is 9.47 Å². The third-order valence-corrected chi connectivity index (χ3v) is 6.83. The summed E-state index contributed by atoms with van der Waals surface area (Å²) in [4.78, 5) is 0.140. The monoisotopic (exact) mass is 451 g/mol. The van der Waals surface area contributed by atoms with E-state index in [1.54, 1.807) is 54.6 Å². The highest BCUT2D eigenvalue weighted by Crippen LogP contribution is 2.38. The molecule has 0 aliphatic rings. The molecule has 152 valence electrons. The zero-order valence-electron chi connectivity index (χ0n) is 15.8. The van der Waals surface area contributed by atoms with Crippen LogP contribution in [0.15, 0.2) is 71.6 Å². The van der Waals surface area contributed by atoms with Gasteiger partial charge >= 0.3 is 0 Å². The van der Waals surface area contributed by atoms with E-state index in [9.17, 15) is 8.42 Å². The minimum Gasteiger partial charge on any atom is -0.497 e. The molecule has 0 saturated heterocycles. The molecule has 3 aromatic rings. The summed E-state index contributed by atoms with van der Waals surface area (Å²) in [5, 5.41) is 0.747. The highest BCUT2D eigenvalue weighted by atomic mass is 35.5. The lowest BCUT2D eigenvalue weighted by Gasteiger charge is -2.27. The first-order valence-corrected chi connectivity index (χ1v) is 10.8. The summed E-state index contributed by atoms with van der Waals surface area (Å²) in [5.74, 6) is 0.880. The predicted molar refractivity (Wildman–Crippen MR) is 116 cm³/mol. The Bertz CT molecular complexity index is 1080. The van der Waals surface area contributed by atoms with Gasteiger partial charge in [0.1, 0.15) is 11.5 Å². The van der Waals surface area contributed by atoms with Crippen LogP contribution in [0.2, 0.25) is 10.0 Å². The Hall–Kier alpha value is -2.41. The second-order valence-corrected chi connectivity index (χ2v) is 8.74. The lowest BCUT2D eigenvalue weighted by atomic mass is 10.2. The number of hydrogen-bond acceptors (Lipinski definition) is 4. The van der Waals surface area contributed by atoms with Crippen molar-refractivity contribution in [2.24, 2.45) is 0 Å². The van der Waals surface area contributed by atoms with E-state index in [2.05, 4.69) is 0 Å². The van der Waals surface area contributed by atoms with Crippen molar-refractivity contribution in [1.82, 2.24) is 0 Å². The van der Waals surface area contributed by atoms with E-state index in [0.717, 1.165) is 0 Å². The van der Waals surface area contributed by atoms with Gasteiger partial charge in [-0.3, -0.25) is 4.31 Å². The Labute approximate surface area is 180 Å². The second kappa shape index (κ2) is 8.95. The summed E-state index contributed by atoms with van der Waals surface area (Å²) in [5.41, 5.74) is 0.835. The highest BCUT2D eigenvalue weighted by molar-refractivity contribution is 7.92. The second-order valence-electron chi connectivity index (χ2n) is 6.06. The van der Waals surface area contributed by atoms with E-state index < -0.39 is 10.0 Å². The minimum absolute atomic E-state index is 0.0710. The van der Waals surface area contributed by atoms with Crippen molar-refractivity contribution in [3.8, 4) is 11.5 Å². The van der Waals surface area contributed by atoms with Crippen molar-refractivity contribution in [3.63, 3.8) is 0 Å². The van der Waals surface area contributed by atoms with Crippen LogP contribution in [-0.4, -0.2) is 22.6 Å². The third-order valence-electron chi connectivity index (χ3n) is 4.35. The maximum atomic E-state index is 13.5. The van der Waals surface area contributed by atoms with Gasteiger partial charge in [-0.2, -0.15) is 0 Å². The smallest absolute Gasteiger partial charge is 0.264 e. The number of methoxy groups -OCH3 is 2. The molecule has 0 saturated carbocycles. The van der Waals surface area contributed by atoms with E-state index in [0.29, 0.717) is 32.8 Å². The van der Waals surface area contributed by atoms with Crippen LogP contribution in [0.4, 0.5) is 5.69 Å². The predicted octanol–water partition coefficient (Wildman–Crippen LogP) is 5.41. The maximum Gasteiger partial charge on any atom is 0.264 e. The fraction of sp³-hybridized carbons (Fsp3) is 0.143. The van der Waals surface area contributed by atoms with Crippen LogP contribution in [0.5, 0.6) is 11.5 Å². The quantitative estimate of drug-likeness (QED) is 0.481. The van der Waals surface area contributed by atoms with Crippen LogP contribution in [0.1, 0.15) is 5.56 Å². The summed E-state index contributed by atoms with van der Waals surface area (Å²) in [6.07, 6.45) is 0. The summed E-state index contributed by atoms with van der Waals surface area (Å²) in [7, 11) is -0.952. The fourth-order valence-corrected chi connectivity index (χ4v) is 4.82. The number of nitrogens with zero attached hydrogens (tertiary/aromatic N) is 1. The van der Waals surface area contributed by atoms with Crippen LogP contribution in [0, 0.1) is 0 Å². The first-order chi connectivity index (χ1) is 13.9. The van der Waals surface area contributed by atoms with Gasteiger partial charge in [0.25, 0.3) is 10.0 Å². The fourth-order valence-electron chi connectivity index (χ4n) is 2.84. The molecule has 0 amide bonds. The molecule has 0 heterocycles. The Morgan fingerprint density at radius 2 is 1.52 bits per heavy atom. The highest BCUT2D eigenvalue weighted by Gasteiger charge is 2.29. The average Bonchev–Trinajstić information content (AvgIpc) is 2.73. The van der Waals surface area contributed by atoms with Crippen LogP contribution in [-0.2, 0) is 16.6 Å². The van der Waals surface area contributed by atoms with Crippen molar-refractivity contribution in [3.05, 3.63) is 82.3 Å². The summed E-state index contributed by atoms with van der Waals surface area (Å²) >= 11 is 12.6. The lowest BCUT2D eigenvalue weighted by Crippen LogP contribution is -2.31. The van der Waals surface area contributed by atoms with Gasteiger partial charge in [-0.25, -0.2) is 8.42 Å². The van der Waals surface area contributed by atoms with Gasteiger partial charge in [0.15, 0.2) is 0 Å². The first-order valence-electron chi connectivity index (χ1n) is 8.61. The number of sulfonamides is 1. The van der Waals surface area contributed by atoms with Crippen LogP contribution >= 0.6 is 23.2 Å². The molecule has 3 rings (SSSR count). The molecule has 0 atom stereocenters. The third kappa shape index (κ3) is 4.45. The molecule has 3 aromatic carbocycles. The molecule has 0 N–H and O–H groups in total. The van der Waals surface area contributed by atoms with Gasteiger partial charge in [-0.05, 0) is 36.4 Å². The number of rotatable bonds is 7. The topological polar surface area (TPSA) is 55.8 Å². The largest absolute Gasteiger partial charge is 0.497 e. The van der Waals surface area contributed by atoms with Crippen LogP contribution in [0.3, 0.4) is 0 Å². The summed E-state index contributed by atoms with van der Waals surface area (Å²) in [6.45, 7) is -0.0710. The van der Waals surface area contributed by atoms with E-state index in [1.807, 2.05) is 0 Å². The standard InChI is InChI=1S/C21H19Cl2NO4S/c1-27-15-11-12-20(21(13-15)28-2)24(14-17-18(22)9-6-10-19(17)23)29(25,26)16-7-4-3-5-8-16/h3-13H,14H2,1-2H3. The molecule has 0 aliphatic heterocycles. The van der Waals surface area contributed by atoms with E-state index in [-0.39, 0.29) is 11.4 Å². The molecule has 0 bridgehead atoms. The molecule has 0 unspecified atom stereocenters. The van der Waals surface area contributed by atoms with Gasteiger partial charge in [0.2, 0.25) is 0 Å². The Kier molecular flexibility index (Phi) is 6.57. The average molecular weight is 452 g/mol. The first kappa shape index (κ1) is 21.3. The normalized spacial score (nSPS) is 11.2. The van der Waals surface area contributed by atoms with Crippen molar-refractivity contribution in [1.29, 1.82) is 0 Å². The number of benzene rings is 3. The van der Waals surface area contributed by atoms with Gasteiger partial charge in [0.05, 0.1) is 31.3 Å². The van der Waals surface area contributed by atoms with Crippen molar-refractivity contribution < 1.29 is 17.9 Å². The van der Waals surface area contributed by atoms with E-state index in [1.165, 1.54) is 30.7 Å². The zero-order valence-corrected chi connectivity index (χ0v) is 18.1. The molecule has 0 aromatic heterocycles. The van der Waals surface area contributed by atoms with Crippen LogP contribution < -0.4 is 13.8 Å². The van der Waals surface area contributed by atoms with Crippen molar-refractivity contribution >= 4 is 38.9 Å². The van der Waals surface area contributed by atoms with Crippen LogP contribution in [0.25, 0.3) is 0 Å². The summed E-state index contributed by atoms with van der Waals surface area (Å²) < 4.78 is 39.0. The molecule has 0 fully saturated rings. The zero-order chi connectivity index (χ0) is 21.0. The molecule has 5 nitrogen and oxygen atoms in total. The van der Waals surface area contributed by atoms with E-state index >= 15 is 0 Å². The molecule has 0 spiro atoms. The minimum atomic E-state index is -3.94. The lowest BCUT2D eigenvalue weighted by molar-refractivity contribution is 0.394. The van der Waals surface area contributed by atoms with Gasteiger partial charge in [0, 0.05) is 21.7 Å². The van der Waals surface area contributed by atoms with Gasteiger partial charge in [-0.1, -0.05) is 47.5 Å².